The van der Waals surface area contributed by atoms with Gasteiger partial charge in [-0.15, -0.1) is 0 Å². The van der Waals surface area contributed by atoms with E-state index >= 15 is 0 Å². The van der Waals surface area contributed by atoms with Crippen LogP contribution < -0.4 is 9.47 Å². The third-order valence-corrected chi connectivity index (χ3v) is 9.24. The quantitative estimate of drug-likeness (QED) is 0.124. The van der Waals surface area contributed by atoms with Gasteiger partial charge in [0.25, 0.3) is 0 Å². The molecule has 0 aromatic heterocycles. The number of hydrogen-bond donors (Lipinski definition) is 2. The number of phenolic OH excluding ortho intramolecular Hbond substituents is 2. The molecule has 0 saturated heterocycles. The molecule has 0 fully saturated rings. The number of aromatic hydroxyl groups is 2. The van der Waals surface area contributed by atoms with Crippen LogP contribution in [0.25, 0.3) is 22.3 Å². The zero-order valence-corrected chi connectivity index (χ0v) is 25.9. The fourth-order valence-corrected chi connectivity index (χ4v) is 6.62. The van der Waals surface area contributed by atoms with Gasteiger partial charge in [-0.2, -0.15) is 0 Å². The zero-order chi connectivity index (χ0) is 30.7. The van der Waals surface area contributed by atoms with Crippen LogP contribution in [0.4, 0.5) is 0 Å². The Bertz CT molecular complexity index is 1450. The zero-order valence-electron chi connectivity index (χ0n) is 25.1. The summed E-state index contributed by atoms with van der Waals surface area (Å²) in [6, 6.07) is 23.1. The first-order valence-corrected chi connectivity index (χ1v) is 16.7. The third-order valence-electron chi connectivity index (χ3n) is 7.37. The molecule has 4 aromatic carbocycles. The molecule has 4 aromatic rings. The summed E-state index contributed by atoms with van der Waals surface area (Å²) in [5.41, 5.74) is 2.26. The van der Waals surface area contributed by atoms with Crippen LogP contribution in [0.5, 0.6) is 23.0 Å². The average Bonchev–Trinajstić information content (AvgIpc) is 3.01. The SMILES string of the molecule is CCCCCCOc1ccc(S(=O)(=O)c2ccc(OCCCCCC)cc2-c2ccc(O)cc2)c(-c2ccc(O)cc2)c1. The first-order valence-electron chi connectivity index (χ1n) is 15.2. The van der Waals surface area contributed by atoms with Gasteiger partial charge in [-0.1, -0.05) is 76.6 Å². The monoisotopic (exact) mass is 602 g/mol. The van der Waals surface area contributed by atoms with E-state index in [1.54, 1.807) is 84.9 Å². The van der Waals surface area contributed by atoms with Gasteiger partial charge in [-0.3, -0.25) is 0 Å². The van der Waals surface area contributed by atoms with Gasteiger partial charge in [0.15, 0.2) is 0 Å². The van der Waals surface area contributed by atoms with E-state index in [1.807, 2.05) is 0 Å². The Kier molecular flexibility index (Phi) is 11.5. The minimum atomic E-state index is -4.05. The number of phenols is 2. The Morgan fingerprint density at radius 2 is 0.930 bits per heavy atom. The van der Waals surface area contributed by atoms with Gasteiger partial charge >= 0.3 is 0 Å². The first kappa shape index (κ1) is 32.0. The summed E-state index contributed by atoms with van der Waals surface area (Å²) in [4.78, 5) is 0.259. The lowest BCUT2D eigenvalue weighted by Gasteiger charge is -2.17. The Morgan fingerprint density at radius 1 is 0.535 bits per heavy atom. The second-order valence-corrected chi connectivity index (χ2v) is 12.6. The predicted octanol–water partition coefficient (Wildman–Crippen LogP) is 9.18. The van der Waals surface area contributed by atoms with Crippen molar-refractivity contribution in [3.8, 4) is 45.3 Å². The Labute approximate surface area is 255 Å². The lowest BCUT2D eigenvalue weighted by molar-refractivity contribution is 0.305. The highest BCUT2D eigenvalue weighted by atomic mass is 32.2. The van der Waals surface area contributed by atoms with Gasteiger partial charge in [0, 0.05) is 11.1 Å². The molecule has 0 aliphatic heterocycles. The van der Waals surface area contributed by atoms with Crippen LogP contribution in [0.15, 0.2) is 94.7 Å². The molecule has 0 aliphatic rings. The topological polar surface area (TPSA) is 93.1 Å². The van der Waals surface area contributed by atoms with Crippen molar-refractivity contribution in [3.05, 3.63) is 84.9 Å². The summed E-state index contributed by atoms with van der Waals surface area (Å²) in [6.45, 7) is 5.41. The predicted molar refractivity (Wildman–Crippen MR) is 172 cm³/mol. The molecule has 0 heterocycles. The number of ether oxygens (including phenoxy) is 2. The second-order valence-electron chi connectivity index (χ2n) is 10.7. The lowest BCUT2D eigenvalue weighted by atomic mass is 10.0. The highest BCUT2D eigenvalue weighted by molar-refractivity contribution is 7.91. The molecule has 0 unspecified atom stereocenters. The van der Waals surface area contributed by atoms with Gasteiger partial charge < -0.3 is 19.7 Å². The van der Waals surface area contributed by atoms with Crippen LogP contribution in [-0.4, -0.2) is 31.8 Å². The van der Waals surface area contributed by atoms with Crippen LogP contribution >= 0.6 is 0 Å². The molecule has 43 heavy (non-hydrogen) atoms. The van der Waals surface area contributed by atoms with Gasteiger partial charge in [-0.05, 0) is 84.6 Å². The summed E-state index contributed by atoms with van der Waals surface area (Å²) in [7, 11) is -4.05. The highest BCUT2D eigenvalue weighted by Gasteiger charge is 2.27. The van der Waals surface area contributed by atoms with E-state index in [0.717, 1.165) is 51.4 Å². The Balaban J connectivity index is 1.75. The van der Waals surface area contributed by atoms with E-state index in [4.69, 9.17) is 9.47 Å². The maximum Gasteiger partial charge on any atom is 0.207 e. The summed E-state index contributed by atoms with van der Waals surface area (Å²) in [6.07, 6.45) is 8.55. The van der Waals surface area contributed by atoms with Crippen LogP contribution in [0, 0.1) is 0 Å². The number of unbranched alkanes of at least 4 members (excludes halogenated alkanes) is 6. The number of hydrogen-bond acceptors (Lipinski definition) is 6. The smallest absolute Gasteiger partial charge is 0.207 e. The summed E-state index contributed by atoms with van der Waals surface area (Å²) < 4.78 is 40.9. The second kappa shape index (κ2) is 15.5. The largest absolute Gasteiger partial charge is 0.508 e. The van der Waals surface area contributed by atoms with Crippen LogP contribution in [0.2, 0.25) is 0 Å². The van der Waals surface area contributed by atoms with Gasteiger partial charge in [-0.25, -0.2) is 8.42 Å². The molecule has 7 heteroatoms. The van der Waals surface area contributed by atoms with E-state index in [9.17, 15) is 18.6 Å². The van der Waals surface area contributed by atoms with Crippen LogP contribution in [0.1, 0.15) is 65.2 Å². The maximum absolute atomic E-state index is 14.5. The molecular formula is C36H42O6S. The third kappa shape index (κ3) is 8.54. The molecular weight excluding hydrogens is 560 g/mol. The van der Waals surface area contributed by atoms with Crippen molar-refractivity contribution in [1.29, 1.82) is 0 Å². The van der Waals surface area contributed by atoms with Crippen molar-refractivity contribution >= 4 is 9.84 Å². The molecule has 0 amide bonds. The van der Waals surface area contributed by atoms with Crippen molar-refractivity contribution in [2.45, 2.75) is 75.0 Å². The van der Waals surface area contributed by atoms with E-state index in [-0.39, 0.29) is 21.3 Å². The van der Waals surface area contributed by atoms with E-state index in [1.165, 1.54) is 0 Å². The molecule has 0 aliphatic carbocycles. The van der Waals surface area contributed by atoms with E-state index in [2.05, 4.69) is 13.8 Å². The Morgan fingerprint density at radius 3 is 1.30 bits per heavy atom. The number of sulfone groups is 1. The van der Waals surface area contributed by atoms with Crippen molar-refractivity contribution in [2.75, 3.05) is 13.2 Å². The van der Waals surface area contributed by atoms with Crippen LogP contribution in [0.3, 0.4) is 0 Å². The maximum atomic E-state index is 14.5. The van der Waals surface area contributed by atoms with Gasteiger partial charge in [0.05, 0.1) is 23.0 Å². The minimum absolute atomic E-state index is 0.0939. The fourth-order valence-electron chi connectivity index (χ4n) is 4.96. The summed E-state index contributed by atoms with van der Waals surface area (Å²) in [5.74, 6) is 1.36. The van der Waals surface area contributed by atoms with Gasteiger partial charge in [0.2, 0.25) is 9.84 Å². The minimum Gasteiger partial charge on any atom is -0.508 e. The van der Waals surface area contributed by atoms with Crippen molar-refractivity contribution in [3.63, 3.8) is 0 Å². The standard InChI is InChI=1S/C36H42O6S/c1-3-5-7-9-23-41-31-19-21-35(33(25-31)27-11-15-29(37)16-12-27)43(39,40)36-22-20-32(42-24-10-8-6-4-2)26-34(36)28-13-17-30(38)18-14-28/h11-22,25-26,37-38H,3-10,23-24H2,1-2H3. The molecule has 0 radical (unpaired) electrons. The molecule has 0 bridgehead atoms. The lowest BCUT2D eigenvalue weighted by Crippen LogP contribution is -2.07. The van der Waals surface area contributed by atoms with E-state index in [0.29, 0.717) is 47.0 Å². The fraction of sp³-hybridized carbons (Fsp3) is 0.333. The molecule has 6 nitrogen and oxygen atoms in total. The number of rotatable bonds is 16. The molecule has 0 atom stereocenters. The first-order chi connectivity index (χ1) is 20.8. The summed E-state index contributed by atoms with van der Waals surface area (Å²) >= 11 is 0. The molecule has 0 spiro atoms. The number of benzene rings is 4. The van der Waals surface area contributed by atoms with Gasteiger partial charge in [0.1, 0.15) is 23.0 Å². The summed E-state index contributed by atoms with van der Waals surface area (Å²) in [5, 5.41) is 19.8. The van der Waals surface area contributed by atoms with E-state index < -0.39 is 9.84 Å². The molecule has 2 N–H and O–H groups in total. The van der Waals surface area contributed by atoms with Crippen molar-refractivity contribution in [1.82, 2.24) is 0 Å². The van der Waals surface area contributed by atoms with Crippen LogP contribution in [-0.2, 0) is 9.84 Å². The van der Waals surface area contributed by atoms with Crippen molar-refractivity contribution in [2.24, 2.45) is 0 Å². The van der Waals surface area contributed by atoms with Crippen molar-refractivity contribution < 1.29 is 28.1 Å². The average molecular weight is 603 g/mol. The molecule has 4 rings (SSSR count). The highest BCUT2D eigenvalue weighted by Crippen LogP contribution is 2.40. The molecule has 228 valence electrons. The molecule has 0 saturated carbocycles. The Hall–Kier alpha value is -3.97. The normalized spacial score (nSPS) is 11.4.